The molecule has 2 aromatic heterocycles. The zero-order valence-corrected chi connectivity index (χ0v) is 9.10. The van der Waals surface area contributed by atoms with Gasteiger partial charge in [-0.15, -0.1) is 11.3 Å². The van der Waals surface area contributed by atoms with Crippen LogP contribution in [0, 0.1) is 0 Å². The van der Waals surface area contributed by atoms with Gasteiger partial charge in [0.2, 0.25) is 0 Å². The van der Waals surface area contributed by atoms with Crippen molar-refractivity contribution in [2.24, 2.45) is 0 Å². The summed E-state index contributed by atoms with van der Waals surface area (Å²) >= 11 is 1.42. The highest BCUT2D eigenvalue weighted by molar-refractivity contribution is 7.12. The zero-order chi connectivity index (χ0) is 10.7. The van der Waals surface area contributed by atoms with Crippen molar-refractivity contribution < 1.29 is 4.79 Å². The van der Waals surface area contributed by atoms with Crippen LogP contribution in [0.4, 0.5) is 5.82 Å². The molecule has 2 N–H and O–H groups in total. The first-order chi connectivity index (χ1) is 7.31. The van der Waals surface area contributed by atoms with Gasteiger partial charge in [-0.05, 0) is 17.9 Å². The van der Waals surface area contributed by atoms with Gasteiger partial charge < -0.3 is 5.32 Å². The summed E-state index contributed by atoms with van der Waals surface area (Å²) in [5.41, 5.74) is 1.01. The number of H-pyrrole nitrogens is 1. The fraction of sp³-hybridized carbons (Fsp3) is 0.200. The SMILES string of the molecule is CCc1cn[nH]c1NC(=O)c1cccs1. The second-order valence-electron chi connectivity index (χ2n) is 3.06. The van der Waals surface area contributed by atoms with Crippen molar-refractivity contribution in [3.05, 3.63) is 34.2 Å². The van der Waals surface area contributed by atoms with E-state index in [4.69, 9.17) is 0 Å². The Hall–Kier alpha value is -1.62. The van der Waals surface area contributed by atoms with Gasteiger partial charge in [-0.25, -0.2) is 0 Å². The molecular formula is C10H11N3OS. The molecule has 0 aromatic carbocycles. The Kier molecular flexibility index (Phi) is 2.82. The summed E-state index contributed by atoms with van der Waals surface area (Å²) in [7, 11) is 0. The van der Waals surface area contributed by atoms with Gasteiger partial charge in [0.05, 0.1) is 11.1 Å². The fourth-order valence-corrected chi connectivity index (χ4v) is 1.89. The number of carbonyl (C=O) groups excluding carboxylic acids is 1. The van der Waals surface area contributed by atoms with E-state index in [1.807, 2.05) is 18.4 Å². The third-order valence-electron chi connectivity index (χ3n) is 2.08. The van der Waals surface area contributed by atoms with E-state index in [0.29, 0.717) is 10.7 Å². The van der Waals surface area contributed by atoms with Crippen LogP contribution in [-0.2, 0) is 6.42 Å². The van der Waals surface area contributed by atoms with Gasteiger partial charge >= 0.3 is 0 Å². The van der Waals surface area contributed by atoms with Crippen LogP contribution >= 0.6 is 11.3 Å². The first-order valence-electron chi connectivity index (χ1n) is 4.68. The molecule has 0 aliphatic rings. The van der Waals surface area contributed by atoms with E-state index < -0.39 is 0 Å². The molecule has 0 aliphatic carbocycles. The van der Waals surface area contributed by atoms with Gasteiger partial charge in [0.1, 0.15) is 5.82 Å². The Balaban J connectivity index is 2.13. The molecule has 0 saturated carbocycles. The summed E-state index contributed by atoms with van der Waals surface area (Å²) in [6.45, 7) is 2.02. The average Bonchev–Trinajstić information content (AvgIpc) is 2.87. The van der Waals surface area contributed by atoms with Crippen LogP contribution in [0.2, 0.25) is 0 Å². The lowest BCUT2D eigenvalue weighted by Gasteiger charge is -2.02. The van der Waals surface area contributed by atoms with Crippen LogP contribution in [0.3, 0.4) is 0 Å². The van der Waals surface area contributed by atoms with E-state index in [1.54, 1.807) is 12.3 Å². The Labute approximate surface area is 91.3 Å². The fourth-order valence-electron chi connectivity index (χ4n) is 1.27. The third kappa shape index (κ3) is 2.07. The molecule has 0 spiro atoms. The molecule has 2 heterocycles. The van der Waals surface area contributed by atoms with Crippen molar-refractivity contribution in [3.63, 3.8) is 0 Å². The minimum absolute atomic E-state index is 0.0936. The maximum atomic E-state index is 11.7. The van der Waals surface area contributed by atoms with E-state index in [1.165, 1.54) is 11.3 Å². The molecule has 0 fully saturated rings. The molecule has 78 valence electrons. The van der Waals surface area contributed by atoms with Gasteiger partial charge in [0.15, 0.2) is 0 Å². The third-order valence-corrected chi connectivity index (χ3v) is 2.95. The summed E-state index contributed by atoms with van der Waals surface area (Å²) in [6, 6.07) is 3.65. The Morgan fingerprint density at radius 2 is 2.53 bits per heavy atom. The number of aryl methyl sites for hydroxylation is 1. The Morgan fingerprint density at radius 1 is 1.67 bits per heavy atom. The van der Waals surface area contributed by atoms with Crippen molar-refractivity contribution >= 4 is 23.1 Å². The van der Waals surface area contributed by atoms with E-state index in [9.17, 15) is 4.79 Å². The average molecular weight is 221 g/mol. The first kappa shape index (κ1) is 9.92. The highest BCUT2D eigenvalue weighted by atomic mass is 32.1. The second kappa shape index (κ2) is 4.27. The van der Waals surface area contributed by atoms with Crippen LogP contribution in [0.1, 0.15) is 22.2 Å². The largest absolute Gasteiger partial charge is 0.306 e. The first-order valence-corrected chi connectivity index (χ1v) is 5.56. The standard InChI is InChI=1S/C10H11N3OS/c1-2-7-6-11-13-9(7)12-10(14)8-4-3-5-15-8/h3-6H,2H2,1H3,(H2,11,12,13,14). The lowest BCUT2D eigenvalue weighted by molar-refractivity contribution is 0.103. The second-order valence-corrected chi connectivity index (χ2v) is 4.00. The topological polar surface area (TPSA) is 57.8 Å². The molecule has 0 saturated heterocycles. The molecule has 2 rings (SSSR count). The van der Waals surface area contributed by atoms with Gasteiger partial charge in [-0.2, -0.15) is 5.10 Å². The Bertz CT molecular complexity index is 447. The maximum absolute atomic E-state index is 11.7. The lowest BCUT2D eigenvalue weighted by atomic mass is 10.2. The number of aromatic nitrogens is 2. The molecule has 2 aromatic rings. The number of rotatable bonds is 3. The number of aromatic amines is 1. The molecule has 1 amide bonds. The number of hydrogen-bond acceptors (Lipinski definition) is 3. The number of amides is 1. The minimum atomic E-state index is -0.0936. The maximum Gasteiger partial charge on any atom is 0.266 e. The molecule has 15 heavy (non-hydrogen) atoms. The summed E-state index contributed by atoms with van der Waals surface area (Å²) in [5.74, 6) is 0.597. The molecule has 4 nitrogen and oxygen atoms in total. The molecular weight excluding hydrogens is 210 g/mol. The molecule has 0 unspecified atom stereocenters. The van der Waals surface area contributed by atoms with Crippen molar-refractivity contribution in [1.82, 2.24) is 10.2 Å². The smallest absolute Gasteiger partial charge is 0.266 e. The number of nitrogens with zero attached hydrogens (tertiary/aromatic N) is 1. The normalized spacial score (nSPS) is 10.2. The molecule has 0 radical (unpaired) electrons. The predicted octanol–water partition coefficient (Wildman–Crippen LogP) is 2.29. The van der Waals surface area contributed by atoms with Gasteiger partial charge in [-0.3, -0.25) is 9.89 Å². The highest BCUT2D eigenvalue weighted by Crippen LogP contribution is 2.15. The van der Waals surface area contributed by atoms with Gasteiger partial charge in [0, 0.05) is 5.56 Å². The van der Waals surface area contributed by atoms with E-state index in [-0.39, 0.29) is 5.91 Å². The summed E-state index contributed by atoms with van der Waals surface area (Å²) in [4.78, 5) is 12.4. The van der Waals surface area contributed by atoms with E-state index in [2.05, 4.69) is 15.5 Å². The molecule has 5 heteroatoms. The number of hydrogen-bond donors (Lipinski definition) is 2. The number of thiophene rings is 1. The summed E-state index contributed by atoms with van der Waals surface area (Å²) in [6.07, 6.45) is 2.57. The van der Waals surface area contributed by atoms with E-state index >= 15 is 0 Å². The van der Waals surface area contributed by atoms with Crippen LogP contribution in [0.15, 0.2) is 23.7 Å². The lowest BCUT2D eigenvalue weighted by Crippen LogP contribution is -2.11. The predicted molar refractivity (Wildman–Crippen MR) is 60.2 cm³/mol. The van der Waals surface area contributed by atoms with Gasteiger partial charge in [0.25, 0.3) is 5.91 Å². The number of carbonyl (C=O) groups is 1. The van der Waals surface area contributed by atoms with Crippen LogP contribution < -0.4 is 5.32 Å². The van der Waals surface area contributed by atoms with Crippen LogP contribution in [-0.4, -0.2) is 16.1 Å². The van der Waals surface area contributed by atoms with Crippen molar-refractivity contribution in [3.8, 4) is 0 Å². The number of nitrogens with one attached hydrogen (secondary N) is 2. The Morgan fingerprint density at radius 3 is 3.20 bits per heavy atom. The van der Waals surface area contributed by atoms with Gasteiger partial charge in [-0.1, -0.05) is 13.0 Å². The minimum Gasteiger partial charge on any atom is -0.306 e. The summed E-state index contributed by atoms with van der Waals surface area (Å²) in [5, 5.41) is 11.3. The van der Waals surface area contributed by atoms with Crippen LogP contribution in [0.25, 0.3) is 0 Å². The molecule has 0 atom stereocenters. The van der Waals surface area contributed by atoms with Crippen molar-refractivity contribution in [2.45, 2.75) is 13.3 Å². The monoisotopic (exact) mass is 221 g/mol. The highest BCUT2D eigenvalue weighted by Gasteiger charge is 2.10. The molecule has 0 bridgehead atoms. The van der Waals surface area contributed by atoms with Crippen molar-refractivity contribution in [1.29, 1.82) is 0 Å². The quantitative estimate of drug-likeness (QED) is 0.835. The van der Waals surface area contributed by atoms with Crippen LogP contribution in [0.5, 0.6) is 0 Å². The molecule has 0 aliphatic heterocycles. The zero-order valence-electron chi connectivity index (χ0n) is 8.28. The van der Waals surface area contributed by atoms with E-state index in [0.717, 1.165) is 12.0 Å². The number of anilines is 1. The summed E-state index contributed by atoms with van der Waals surface area (Å²) < 4.78 is 0. The van der Waals surface area contributed by atoms with Crippen molar-refractivity contribution in [2.75, 3.05) is 5.32 Å².